The van der Waals surface area contributed by atoms with Crippen LogP contribution in [0.3, 0.4) is 0 Å². The van der Waals surface area contributed by atoms with Crippen molar-refractivity contribution in [3.05, 3.63) is 52.5 Å². The monoisotopic (exact) mass is 561 g/mol. The van der Waals surface area contributed by atoms with Crippen LogP contribution in [0.5, 0.6) is 5.88 Å². The number of ether oxygens (including phenoxy) is 2. The Morgan fingerprint density at radius 3 is 2.69 bits per heavy atom. The van der Waals surface area contributed by atoms with Crippen LogP contribution in [-0.2, 0) is 20.5 Å². The molecule has 0 radical (unpaired) electrons. The molecule has 3 aliphatic heterocycles. The molecule has 9 nitrogen and oxygen atoms in total. The highest BCUT2D eigenvalue weighted by molar-refractivity contribution is 6.31. The molecule has 5 atom stereocenters. The largest absolute Gasteiger partial charge is 0.475 e. The van der Waals surface area contributed by atoms with E-state index in [1.807, 2.05) is 0 Å². The number of benzene rings is 2. The van der Waals surface area contributed by atoms with Gasteiger partial charge in [0.25, 0.3) is 5.88 Å². The lowest BCUT2D eigenvalue weighted by molar-refractivity contribution is -0.138. The molecule has 0 aliphatic carbocycles. The molecular formula is C26H19ClF3N3O6. The van der Waals surface area contributed by atoms with Crippen molar-refractivity contribution in [2.45, 2.75) is 43.2 Å². The summed E-state index contributed by atoms with van der Waals surface area (Å²) in [6.45, 7) is 1.49. The number of alkyl halides is 3. The standard InChI is InChI=1S/C26H19ClF3N3O6/c1-24-18(34)10-25(39-24,6-7-37-21-15-8-13(27)3-5-17(15)38-32-21)20-19(24)22(35)33(23(20)36)14-4-2-12(11-31)16(9-14)26(28,29)30/h2-5,8-9,18-20,34H,6-7,10H2,1H3/t18-,19-,20+,24-,25+/m0/s1. The molecule has 2 aromatic carbocycles. The van der Waals surface area contributed by atoms with Crippen molar-refractivity contribution in [2.24, 2.45) is 11.8 Å². The van der Waals surface area contributed by atoms with Gasteiger partial charge in [-0.15, -0.1) is 0 Å². The lowest BCUT2D eigenvalue weighted by atomic mass is 9.66. The molecule has 2 amide bonds. The van der Waals surface area contributed by atoms with Crippen LogP contribution in [0.25, 0.3) is 11.0 Å². The smallest absolute Gasteiger partial charge is 0.417 e. The zero-order valence-corrected chi connectivity index (χ0v) is 20.9. The van der Waals surface area contributed by atoms with E-state index in [9.17, 15) is 27.9 Å². The van der Waals surface area contributed by atoms with E-state index in [4.69, 9.17) is 30.9 Å². The van der Waals surface area contributed by atoms with Gasteiger partial charge >= 0.3 is 6.18 Å². The second-order valence-electron chi connectivity index (χ2n) is 10.1. The molecule has 6 rings (SSSR count). The third-order valence-electron chi connectivity index (χ3n) is 7.96. The summed E-state index contributed by atoms with van der Waals surface area (Å²) in [5.74, 6) is -3.53. The predicted octanol–water partition coefficient (Wildman–Crippen LogP) is 4.24. The van der Waals surface area contributed by atoms with E-state index < -0.39 is 58.3 Å². The molecule has 1 N–H and O–H groups in total. The van der Waals surface area contributed by atoms with Gasteiger partial charge in [0, 0.05) is 17.9 Å². The van der Waals surface area contributed by atoms with Gasteiger partial charge < -0.3 is 19.1 Å². The van der Waals surface area contributed by atoms with E-state index in [0.29, 0.717) is 27.0 Å². The molecule has 3 fully saturated rings. The van der Waals surface area contributed by atoms with Gasteiger partial charge in [0.05, 0.1) is 58.4 Å². The van der Waals surface area contributed by atoms with E-state index in [1.54, 1.807) is 18.2 Å². The van der Waals surface area contributed by atoms with Crippen molar-refractivity contribution < 1.29 is 41.9 Å². The number of fused-ring (bicyclic) bond motifs is 6. The summed E-state index contributed by atoms with van der Waals surface area (Å²) in [5, 5.41) is 24.8. The summed E-state index contributed by atoms with van der Waals surface area (Å²) in [5.41, 5.74) is -4.49. The van der Waals surface area contributed by atoms with Crippen molar-refractivity contribution in [2.75, 3.05) is 11.5 Å². The second kappa shape index (κ2) is 8.42. The summed E-state index contributed by atoms with van der Waals surface area (Å²) >= 11 is 6.05. The molecule has 3 saturated heterocycles. The first-order valence-corrected chi connectivity index (χ1v) is 12.3. The summed E-state index contributed by atoms with van der Waals surface area (Å²) < 4.78 is 58.0. The van der Waals surface area contributed by atoms with Gasteiger partial charge in [-0.3, -0.25) is 9.59 Å². The van der Waals surface area contributed by atoms with Gasteiger partial charge in [0.2, 0.25) is 11.8 Å². The summed E-state index contributed by atoms with van der Waals surface area (Å²) in [6, 6.07) is 9.02. The van der Waals surface area contributed by atoms with Crippen LogP contribution in [0, 0.1) is 23.2 Å². The first-order chi connectivity index (χ1) is 18.4. The number of aromatic nitrogens is 1. The number of hydrogen-bond acceptors (Lipinski definition) is 8. The average Bonchev–Trinajstić information content (AvgIpc) is 3.55. The number of aliphatic hydroxyl groups excluding tert-OH is 1. The van der Waals surface area contributed by atoms with Crippen molar-refractivity contribution in [1.29, 1.82) is 5.26 Å². The highest BCUT2D eigenvalue weighted by Gasteiger charge is 2.77. The number of anilines is 1. The van der Waals surface area contributed by atoms with E-state index in [2.05, 4.69) is 5.16 Å². The molecule has 3 aromatic rings. The first-order valence-electron chi connectivity index (χ1n) is 11.9. The maximum Gasteiger partial charge on any atom is 0.417 e. The van der Waals surface area contributed by atoms with Gasteiger partial charge in [-0.25, -0.2) is 4.90 Å². The molecule has 1 aromatic heterocycles. The fraction of sp³-hybridized carbons (Fsp3) is 0.385. The molecule has 202 valence electrons. The quantitative estimate of drug-likeness (QED) is 0.459. The normalized spacial score (nSPS) is 29.8. The lowest BCUT2D eigenvalue weighted by Gasteiger charge is -2.33. The summed E-state index contributed by atoms with van der Waals surface area (Å²) in [7, 11) is 0. The minimum Gasteiger partial charge on any atom is -0.475 e. The number of nitriles is 1. The lowest BCUT2D eigenvalue weighted by Crippen LogP contribution is -2.49. The Hall–Kier alpha value is -3.66. The number of nitrogens with zero attached hydrogens (tertiary/aromatic N) is 3. The van der Waals surface area contributed by atoms with Crippen LogP contribution in [-0.4, -0.2) is 46.0 Å². The van der Waals surface area contributed by atoms with Crippen LogP contribution < -0.4 is 9.64 Å². The number of imide groups is 1. The minimum absolute atomic E-state index is 0.0213. The van der Waals surface area contributed by atoms with Crippen molar-refractivity contribution in [1.82, 2.24) is 5.16 Å². The van der Waals surface area contributed by atoms with Gasteiger partial charge in [-0.2, -0.15) is 18.4 Å². The third kappa shape index (κ3) is 3.64. The number of amides is 2. The van der Waals surface area contributed by atoms with E-state index >= 15 is 0 Å². The third-order valence-corrected chi connectivity index (χ3v) is 8.20. The first kappa shape index (κ1) is 25.6. The Labute approximate surface area is 223 Å². The van der Waals surface area contributed by atoms with Crippen LogP contribution in [0.1, 0.15) is 30.9 Å². The molecule has 3 aliphatic rings. The number of rotatable bonds is 5. The molecule has 0 unspecified atom stereocenters. The van der Waals surface area contributed by atoms with Gasteiger partial charge in [-0.05, 0) is 48.5 Å². The van der Waals surface area contributed by atoms with Crippen LogP contribution in [0.4, 0.5) is 18.9 Å². The SMILES string of the molecule is C[C@]12O[C@](CCOc3noc4ccc(Cl)cc34)(C[C@@H]1O)[C@H]1C(=O)N(c3ccc(C#N)c(C(F)(F)F)c3)C(=O)[C@H]12. The summed E-state index contributed by atoms with van der Waals surface area (Å²) in [6.07, 6.45) is -5.88. The molecule has 39 heavy (non-hydrogen) atoms. The topological polar surface area (TPSA) is 126 Å². The van der Waals surface area contributed by atoms with E-state index in [-0.39, 0.29) is 31.0 Å². The zero-order valence-electron chi connectivity index (χ0n) is 20.2. The Morgan fingerprint density at radius 2 is 1.97 bits per heavy atom. The average molecular weight is 562 g/mol. The molecular weight excluding hydrogens is 543 g/mol. The van der Waals surface area contributed by atoms with Crippen molar-refractivity contribution in [3.8, 4) is 11.9 Å². The Morgan fingerprint density at radius 1 is 1.23 bits per heavy atom. The Balaban J connectivity index is 1.31. The highest BCUT2D eigenvalue weighted by atomic mass is 35.5. The number of carbonyl (C=O) groups excluding carboxylic acids is 2. The molecule has 0 spiro atoms. The maximum atomic E-state index is 13.7. The van der Waals surface area contributed by atoms with Crippen LogP contribution in [0.15, 0.2) is 40.9 Å². The van der Waals surface area contributed by atoms with Gasteiger partial charge in [0.15, 0.2) is 5.58 Å². The van der Waals surface area contributed by atoms with Crippen LogP contribution >= 0.6 is 11.6 Å². The van der Waals surface area contributed by atoms with Crippen LogP contribution in [0.2, 0.25) is 5.02 Å². The van der Waals surface area contributed by atoms with Gasteiger partial charge in [0.1, 0.15) is 5.60 Å². The number of carbonyl (C=O) groups is 2. The fourth-order valence-corrected chi connectivity index (χ4v) is 6.37. The highest BCUT2D eigenvalue weighted by Crippen LogP contribution is 2.62. The number of hydrogen-bond donors (Lipinski definition) is 1. The van der Waals surface area contributed by atoms with E-state index in [1.165, 1.54) is 13.0 Å². The number of halogens is 4. The maximum absolute atomic E-state index is 13.7. The van der Waals surface area contributed by atoms with Crippen molar-refractivity contribution in [3.63, 3.8) is 0 Å². The van der Waals surface area contributed by atoms with E-state index in [0.717, 1.165) is 12.1 Å². The van der Waals surface area contributed by atoms with Crippen molar-refractivity contribution >= 4 is 40.1 Å². The number of aliphatic hydroxyl groups is 1. The zero-order chi connectivity index (χ0) is 27.9. The minimum atomic E-state index is -4.87. The molecule has 2 bridgehead atoms. The molecule has 4 heterocycles. The molecule has 13 heteroatoms. The molecule has 0 saturated carbocycles. The fourth-order valence-electron chi connectivity index (χ4n) is 6.20. The second-order valence-corrected chi connectivity index (χ2v) is 10.5. The van der Waals surface area contributed by atoms with Gasteiger partial charge in [-0.1, -0.05) is 11.6 Å². The Bertz CT molecular complexity index is 1590. The summed E-state index contributed by atoms with van der Waals surface area (Å²) in [4.78, 5) is 27.9. The Kier molecular flexibility index (Phi) is 5.53. The predicted molar refractivity (Wildman–Crippen MR) is 128 cm³/mol.